The van der Waals surface area contributed by atoms with E-state index in [1.165, 1.54) is 0 Å². The molecule has 2 aromatic heterocycles. The number of ether oxygens (including phenoxy) is 1. The average Bonchev–Trinajstić information content (AvgIpc) is 3.49. The van der Waals surface area contributed by atoms with Crippen LogP contribution in [0.3, 0.4) is 0 Å². The van der Waals surface area contributed by atoms with Gasteiger partial charge in [0.15, 0.2) is 5.82 Å². The zero-order valence-electron chi connectivity index (χ0n) is 22.1. The van der Waals surface area contributed by atoms with Crippen LogP contribution in [0.5, 0.6) is 6.01 Å². The van der Waals surface area contributed by atoms with Crippen LogP contribution >= 0.6 is 11.6 Å². The summed E-state index contributed by atoms with van der Waals surface area (Å²) in [6.07, 6.45) is 5.06. The third kappa shape index (κ3) is 4.54. The van der Waals surface area contributed by atoms with Crippen LogP contribution in [0.2, 0.25) is 5.02 Å². The highest BCUT2D eigenvalue weighted by Crippen LogP contribution is 2.41. The fourth-order valence-electron chi connectivity index (χ4n) is 6.71. The van der Waals surface area contributed by atoms with E-state index in [2.05, 4.69) is 30.5 Å². The molecule has 3 atom stereocenters. The summed E-state index contributed by atoms with van der Waals surface area (Å²) in [6.45, 7) is 3.31. The van der Waals surface area contributed by atoms with Crippen LogP contribution in [-0.2, 0) is 0 Å². The van der Waals surface area contributed by atoms with Crippen molar-refractivity contribution in [2.75, 3.05) is 38.1 Å². The number of hydrogen-bond acceptors (Lipinski definition) is 7. The highest BCUT2D eigenvalue weighted by molar-refractivity contribution is 6.36. The molecule has 3 fully saturated rings. The summed E-state index contributed by atoms with van der Waals surface area (Å²) in [5.41, 5.74) is 0.522. The minimum Gasteiger partial charge on any atom is -0.461 e. The maximum Gasteiger partial charge on any atom is 0.319 e. The largest absolute Gasteiger partial charge is 0.461 e. The Morgan fingerprint density at radius 2 is 2.05 bits per heavy atom. The number of hydrogen-bond donors (Lipinski definition) is 2. The molecule has 4 aromatic rings. The molecule has 7 nitrogen and oxygen atoms in total. The topological polar surface area (TPSA) is 75.2 Å². The van der Waals surface area contributed by atoms with Crippen LogP contribution in [0.15, 0.2) is 42.6 Å². The molecule has 3 aliphatic heterocycles. The summed E-state index contributed by atoms with van der Waals surface area (Å²) in [7, 11) is 0. The van der Waals surface area contributed by atoms with Gasteiger partial charge in [0.05, 0.1) is 10.9 Å². The van der Waals surface area contributed by atoms with E-state index in [0.29, 0.717) is 34.8 Å². The normalized spacial score (nSPS) is 25.0. The van der Waals surface area contributed by atoms with Crippen molar-refractivity contribution >= 4 is 39.1 Å². The number of fused-ring (bicyclic) bond motifs is 3. The van der Waals surface area contributed by atoms with Crippen LogP contribution in [0, 0.1) is 5.82 Å². The molecule has 0 bridgehead atoms. The molecule has 3 aliphatic rings. The maximum atomic E-state index is 16.4. The first-order valence-corrected chi connectivity index (χ1v) is 14.4. The number of piperidine rings is 1. The third-order valence-corrected chi connectivity index (χ3v) is 8.96. The SMILES string of the molecule is Fc1c(-c2cccc3cccc(Cl)c23)ncc2c(N[C@@H]3CCCNC3)nc(OC[C@@]34CCCN3C[C@H](F)C4)nc12. The first-order chi connectivity index (χ1) is 19.5. The highest BCUT2D eigenvalue weighted by atomic mass is 35.5. The van der Waals surface area contributed by atoms with Crippen molar-refractivity contribution in [2.45, 2.75) is 49.9 Å². The standard InChI is InChI=1S/C30H31ClF2N6O/c31-23-9-2-6-18-5-1-8-21(24(18)23)26-25(33)27-22(15-35-26)28(36-20-7-3-11-34-14-20)38-29(37-27)40-17-30-10-4-12-39(30)16-19(32)13-30/h1-2,5-6,8-9,15,19-20,34H,3-4,7,10-14,16-17H2,(H,36,37,38)/t19-,20-,30+/m1/s1. The Hall–Kier alpha value is -3.14. The fraction of sp³-hybridized carbons (Fsp3) is 0.433. The minimum atomic E-state index is -0.865. The molecule has 0 aliphatic carbocycles. The molecule has 2 N–H and O–H groups in total. The average molecular weight is 565 g/mol. The van der Waals surface area contributed by atoms with Crippen molar-refractivity contribution in [2.24, 2.45) is 0 Å². The van der Waals surface area contributed by atoms with Gasteiger partial charge in [0.2, 0.25) is 0 Å². The molecule has 3 saturated heterocycles. The van der Waals surface area contributed by atoms with E-state index >= 15 is 4.39 Å². The summed E-state index contributed by atoms with van der Waals surface area (Å²) >= 11 is 6.56. The number of aromatic nitrogens is 3. The van der Waals surface area contributed by atoms with Crippen LogP contribution in [-0.4, -0.2) is 70.4 Å². The number of benzene rings is 2. The van der Waals surface area contributed by atoms with Crippen molar-refractivity contribution in [3.63, 3.8) is 0 Å². The van der Waals surface area contributed by atoms with Crippen LogP contribution in [0.1, 0.15) is 32.1 Å². The van der Waals surface area contributed by atoms with Crippen LogP contribution in [0.4, 0.5) is 14.6 Å². The van der Waals surface area contributed by atoms with Crippen LogP contribution < -0.4 is 15.4 Å². The van der Waals surface area contributed by atoms with Gasteiger partial charge < -0.3 is 15.4 Å². The van der Waals surface area contributed by atoms with Gasteiger partial charge in [-0.05, 0) is 50.2 Å². The highest BCUT2D eigenvalue weighted by Gasteiger charge is 2.49. The molecule has 0 spiro atoms. The van der Waals surface area contributed by atoms with Gasteiger partial charge in [-0.25, -0.2) is 8.78 Å². The Balaban J connectivity index is 1.31. The monoisotopic (exact) mass is 564 g/mol. The second-order valence-corrected chi connectivity index (χ2v) is 11.6. The van der Waals surface area contributed by atoms with E-state index in [9.17, 15) is 4.39 Å². The fourth-order valence-corrected chi connectivity index (χ4v) is 6.99. The lowest BCUT2D eigenvalue weighted by molar-refractivity contribution is 0.107. The van der Waals surface area contributed by atoms with E-state index in [-0.39, 0.29) is 35.4 Å². The Labute approximate surface area is 236 Å². The molecule has 0 saturated carbocycles. The van der Waals surface area contributed by atoms with Gasteiger partial charge in [-0.1, -0.05) is 41.9 Å². The Kier molecular flexibility index (Phi) is 6.68. The quantitative estimate of drug-likeness (QED) is 0.308. The number of rotatable bonds is 6. The first kappa shape index (κ1) is 25.8. The molecule has 0 unspecified atom stereocenters. The maximum absolute atomic E-state index is 16.4. The van der Waals surface area contributed by atoms with Crippen molar-refractivity contribution in [1.82, 2.24) is 25.2 Å². The third-order valence-electron chi connectivity index (χ3n) is 8.64. The molecule has 0 amide bonds. The van der Waals surface area contributed by atoms with Gasteiger partial charge in [0, 0.05) is 47.7 Å². The van der Waals surface area contributed by atoms with E-state index in [4.69, 9.17) is 16.3 Å². The molecule has 10 heteroatoms. The second kappa shape index (κ2) is 10.4. The molecule has 7 rings (SSSR count). The van der Waals surface area contributed by atoms with Gasteiger partial charge in [-0.2, -0.15) is 9.97 Å². The predicted molar refractivity (Wildman–Crippen MR) is 153 cm³/mol. The molecule has 40 heavy (non-hydrogen) atoms. The molecule has 208 valence electrons. The van der Waals surface area contributed by atoms with Crippen molar-refractivity contribution in [3.05, 3.63) is 53.4 Å². The number of halogens is 3. The minimum absolute atomic E-state index is 0.0781. The first-order valence-electron chi connectivity index (χ1n) is 14.0. The zero-order valence-corrected chi connectivity index (χ0v) is 22.9. The van der Waals surface area contributed by atoms with Crippen molar-refractivity contribution < 1.29 is 13.5 Å². The van der Waals surface area contributed by atoms with Gasteiger partial charge in [0.25, 0.3) is 0 Å². The van der Waals surface area contributed by atoms with Gasteiger partial charge in [0.1, 0.15) is 29.8 Å². The second-order valence-electron chi connectivity index (χ2n) is 11.2. The van der Waals surface area contributed by atoms with E-state index in [1.807, 2.05) is 30.3 Å². The molecule has 0 radical (unpaired) electrons. The van der Waals surface area contributed by atoms with E-state index in [0.717, 1.165) is 56.1 Å². The van der Waals surface area contributed by atoms with Gasteiger partial charge >= 0.3 is 6.01 Å². The van der Waals surface area contributed by atoms with Gasteiger partial charge in [-0.3, -0.25) is 9.88 Å². The predicted octanol–water partition coefficient (Wildman–Crippen LogP) is 5.76. The smallest absolute Gasteiger partial charge is 0.319 e. The summed E-state index contributed by atoms with van der Waals surface area (Å²) in [6, 6.07) is 11.4. The lowest BCUT2D eigenvalue weighted by atomic mass is 9.95. The van der Waals surface area contributed by atoms with Crippen molar-refractivity contribution in [3.8, 4) is 17.3 Å². The lowest BCUT2D eigenvalue weighted by Gasteiger charge is -2.31. The van der Waals surface area contributed by atoms with E-state index in [1.54, 1.807) is 12.3 Å². The van der Waals surface area contributed by atoms with Gasteiger partial charge in [-0.15, -0.1) is 0 Å². The molecular formula is C30H31ClF2N6O. The summed E-state index contributed by atoms with van der Waals surface area (Å²) < 4.78 is 36.9. The van der Waals surface area contributed by atoms with Crippen molar-refractivity contribution in [1.29, 1.82) is 0 Å². The zero-order chi connectivity index (χ0) is 27.3. The Morgan fingerprint density at radius 1 is 1.18 bits per heavy atom. The van der Waals surface area contributed by atoms with E-state index < -0.39 is 12.0 Å². The molecule has 2 aromatic carbocycles. The Morgan fingerprint density at radius 3 is 2.90 bits per heavy atom. The summed E-state index contributed by atoms with van der Waals surface area (Å²) in [5.74, 6) is -0.0782. The number of alkyl halides is 1. The Bertz CT molecular complexity index is 1580. The molecule has 5 heterocycles. The number of anilines is 1. The number of nitrogens with zero attached hydrogens (tertiary/aromatic N) is 4. The number of pyridine rings is 1. The summed E-state index contributed by atoms with van der Waals surface area (Å²) in [5, 5.41) is 9.51. The lowest BCUT2D eigenvalue weighted by Crippen LogP contribution is -2.43. The number of nitrogens with one attached hydrogen (secondary N) is 2. The summed E-state index contributed by atoms with van der Waals surface area (Å²) in [4.78, 5) is 16.0. The molecular weight excluding hydrogens is 534 g/mol. The van der Waals surface area contributed by atoms with Crippen LogP contribution in [0.25, 0.3) is 32.9 Å².